The summed E-state index contributed by atoms with van der Waals surface area (Å²) in [6, 6.07) is 2.35. The van der Waals surface area contributed by atoms with Crippen LogP contribution in [0.3, 0.4) is 0 Å². The molecule has 0 aliphatic heterocycles. The van der Waals surface area contributed by atoms with Crippen molar-refractivity contribution in [1.82, 2.24) is 0 Å². The van der Waals surface area contributed by atoms with E-state index in [1.165, 1.54) is 0 Å². The zero-order valence-corrected chi connectivity index (χ0v) is 17.5. The number of hydrogen-bond acceptors (Lipinski definition) is 3. The minimum Gasteiger partial charge on any atom is -0.404 e. The summed E-state index contributed by atoms with van der Waals surface area (Å²) in [5.41, 5.74) is -5.58. The van der Waals surface area contributed by atoms with E-state index in [9.17, 15) is 53.1 Å². The molecule has 0 spiro atoms. The molecule has 0 heterocycles. The first-order valence-electron chi connectivity index (χ1n) is 8.07. The van der Waals surface area contributed by atoms with E-state index in [1.807, 2.05) is 0 Å². The highest BCUT2D eigenvalue weighted by molar-refractivity contribution is 14.1. The van der Waals surface area contributed by atoms with Crippen LogP contribution in [0.5, 0.6) is 5.75 Å². The monoisotopic (exact) mass is 608 g/mol. The summed E-state index contributed by atoms with van der Waals surface area (Å²) >= 11 is 0.946. The summed E-state index contributed by atoms with van der Waals surface area (Å²) in [5.74, 6) is -4.59. The molecule has 0 aliphatic rings. The van der Waals surface area contributed by atoms with Crippen molar-refractivity contribution < 1.29 is 57.8 Å². The van der Waals surface area contributed by atoms with Crippen molar-refractivity contribution in [1.29, 1.82) is 0 Å². The molecule has 3 N–H and O–H groups in total. The van der Waals surface area contributed by atoms with E-state index in [0.29, 0.717) is 0 Å². The molecule has 2 rings (SSSR count). The number of anilines is 2. The van der Waals surface area contributed by atoms with E-state index in [1.54, 1.807) is 5.32 Å². The Labute approximate surface area is 190 Å². The fourth-order valence-corrected chi connectivity index (χ4v) is 3.24. The molecule has 0 saturated carbocycles. The minimum absolute atomic E-state index is 0.0872. The lowest BCUT2D eigenvalue weighted by atomic mass is 9.93. The number of carbonyl (C=O) groups excluding carboxylic acids is 1. The number of nitrogen functional groups attached to an aromatic ring is 1. The molecule has 182 valence electrons. The third-order valence-corrected chi connectivity index (χ3v) is 4.82. The van der Waals surface area contributed by atoms with Gasteiger partial charge in [0.2, 0.25) is 0 Å². The third kappa shape index (κ3) is 5.35. The van der Waals surface area contributed by atoms with E-state index in [4.69, 9.17) is 5.73 Å². The number of carbonyl (C=O) groups is 1. The Morgan fingerprint density at radius 1 is 0.939 bits per heavy atom. The summed E-state index contributed by atoms with van der Waals surface area (Å²) < 4.78 is 147. The lowest BCUT2D eigenvalue weighted by Crippen LogP contribution is -2.50. The van der Waals surface area contributed by atoms with Crippen LogP contribution in [0.15, 0.2) is 30.3 Å². The van der Waals surface area contributed by atoms with Crippen molar-refractivity contribution >= 4 is 39.9 Å². The van der Waals surface area contributed by atoms with Crippen LogP contribution < -0.4 is 15.8 Å². The molecular weight excluding hydrogens is 600 g/mol. The lowest BCUT2D eigenvalue weighted by Gasteiger charge is -2.31. The van der Waals surface area contributed by atoms with E-state index in [2.05, 4.69) is 4.74 Å². The van der Waals surface area contributed by atoms with Crippen molar-refractivity contribution in [3.8, 4) is 5.75 Å². The predicted molar refractivity (Wildman–Crippen MR) is 99.5 cm³/mol. The van der Waals surface area contributed by atoms with Gasteiger partial charge < -0.3 is 15.8 Å². The maximum atomic E-state index is 14.3. The molecule has 0 saturated heterocycles. The van der Waals surface area contributed by atoms with Gasteiger partial charge in [-0.1, -0.05) is 6.07 Å². The second kappa shape index (κ2) is 8.68. The highest BCUT2D eigenvalue weighted by atomic mass is 127. The standard InChI is InChI=1S/C17H8F11IN2O2/c18-11-7(2-1-3-9(11)30)13(32)31-12-8(29)4-6(5-10(12)33-17(26,27)28)14(19,15(20,21)22)16(23,24)25/h1-5H,30H2,(H,31,32). The molecule has 1 amide bonds. The minimum atomic E-state index is -6.63. The van der Waals surface area contributed by atoms with Gasteiger partial charge in [-0.3, -0.25) is 4.79 Å². The van der Waals surface area contributed by atoms with E-state index >= 15 is 0 Å². The van der Waals surface area contributed by atoms with Gasteiger partial charge in [0.15, 0.2) is 11.6 Å². The quantitative estimate of drug-likeness (QED) is 0.238. The smallest absolute Gasteiger partial charge is 0.404 e. The first kappa shape index (κ1) is 26.7. The summed E-state index contributed by atoms with van der Waals surface area (Å²) in [7, 11) is 0. The first-order valence-corrected chi connectivity index (χ1v) is 9.15. The molecule has 4 nitrogen and oxygen atoms in total. The van der Waals surface area contributed by atoms with Gasteiger partial charge in [-0.2, -0.15) is 26.3 Å². The third-order valence-electron chi connectivity index (χ3n) is 3.97. The summed E-state index contributed by atoms with van der Waals surface area (Å²) in [6.07, 6.45) is -18.9. The van der Waals surface area contributed by atoms with Gasteiger partial charge in [-0.05, 0) is 46.9 Å². The van der Waals surface area contributed by atoms with E-state index < -0.39 is 74.0 Å². The number of amides is 1. The van der Waals surface area contributed by atoms with Crippen molar-refractivity contribution in [2.45, 2.75) is 24.4 Å². The van der Waals surface area contributed by atoms with E-state index in [-0.39, 0.29) is 6.07 Å². The molecule has 0 unspecified atom stereocenters. The van der Waals surface area contributed by atoms with Crippen LogP contribution in [0.1, 0.15) is 15.9 Å². The number of benzene rings is 2. The molecule has 16 heteroatoms. The van der Waals surface area contributed by atoms with Crippen molar-refractivity contribution in [2.75, 3.05) is 11.1 Å². The molecule has 0 aromatic heterocycles. The van der Waals surface area contributed by atoms with Gasteiger partial charge in [0.05, 0.1) is 16.9 Å². The summed E-state index contributed by atoms with van der Waals surface area (Å²) in [4.78, 5) is 12.3. The number of rotatable bonds is 4. The molecular formula is C17H8F11IN2O2. The zero-order chi connectivity index (χ0) is 25.6. The fourth-order valence-electron chi connectivity index (χ4n) is 2.50. The molecule has 33 heavy (non-hydrogen) atoms. The molecule has 0 fully saturated rings. The normalized spacial score (nSPS) is 13.1. The van der Waals surface area contributed by atoms with Crippen molar-refractivity contribution in [3.05, 3.63) is 50.8 Å². The van der Waals surface area contributed by atoms with Crippen LogP contribution >= 0.6 is 22.6 Å². The predicted octanol–water partition coefficient (Wildman–Crippen LogP) is 6.45. The number of nitrogens with one attached hydrogen (secondary N) is 1. The van der Waals surface area contributed by atoms with Gasteiger partial charge in [-0.15, -0.1) is 13.2 Å². The second-order valence-electron chi connectivity index (χ2n) is 6.20. The Balaban J connectivity index is 2.70. The van der Waals surface area contributed by atoms with Crippen molar-refractivity contribution in [3.63, 3.8) is 0 Å². The summed E-state index contributed by atoms with van der Waals surface area (Å²) in [6.45, 7) is 0. The van der Waals surface area contributed by atoms with Crippen LogP contribution in [0.2, 0.25) is 0 Å². The Morgan fingerprint density at radius 2 is 1.48 bits per heavy atom. The maximum absolute atomic E-state index is 14.3. The lowest BCUT2D eigenvalue weighted by molar-refractivity contribution is -0.348. The van der Waals surface area contributed by atoms with Gasteiger partial charge in [0.25, 0.3) is 5.91 Å². The maximum Gasteiger partial charge on any atom is 0.573 e. The van der Waals surface area contributed by atoms with Crippen LogP contribution in [0, 0.1) is 9.39 Å². The fraction of sp³-hybridized carbons (Fsp3) is 0.235. The second-order valence-corrected chi connectivity index (χ2v) is 7.36. The van der Waals surface area contributed by atoms with Crippen molar-refractivity contribution in [2.24, 2.45) is 0 Å². The molecule has 2 aromatic rings. The average Bonchev–Trinajstić information content (AvgIpc) is 2.62. The number of nitrogens with two attached hydrogens (primary N) is 1. The average molecular weight is 608 g/mol. The Bertz CT molecular complexity index is 1050. The molecule has 0 radical (unpaired) electrons. The van der Waals surface area contributed by atoms with Crippen LogP contribution in [0.25, 0.3) is 0 Å². The van der Waals surface area contributed by atoms with Crippen LogP contribution in [0.4, 0.5) is 59.7 Å². The SMILES string of the molecule is Nc1cccc(C(=O)Nc2c(I)cc(C(F)(C(F)(F)F)C(F)(F)F)cc2OC(F)(F)F)c1F. The zero-order valence-electron chi connectivity index (χ0n) is 15.3. The van der Waals surface area contributed by atoms with Gasteiger partial charge in [0.1, 0.15) is 0 Å². The topological polar surface area (TPSA) is 64.4 Å². The Hall–Kier alpha value is -2.53. The number of halogens is 12. The first-order chi connectivity index (χ1) is 14.8. The largest absolute Gasteiger partial charge is 0.573 e. The van der Waals surface area contributed by atoms with Crippen LogP contribution in [-0.2, 0) is 5.67 Å². The number of hydrogen-bond donors (Lipinski definition) is 2. The van der Waals surface area contributed by atoms with Crippen LogP contribution in [-0.4, -0.2) is 24.6 Å². The molecule has 0 aliphatic carbocycles. The number of alkyl halides is 10. The molecule has 0 bridgehead atoms. The van der Waals surface area contributed by atoms with Gasteiger partial charge in [-0.25, -0.2) is 8.78 Å². The van der Waals surface area contributed by atoms with Gasteiger partial charge >= 0.3 is 24.4 Å². The Morgan fingerprint density at radius 3 is 1.97 bits per heavy atom. The molecule has 2 aromatic carbocycles. The highest BCUT2D eigenvalue weighted by Gasteiger charge is 2.73. The Kier molecular flexibility index (Phi) is 7.03. The number of ether oxygens (including phenoxy) is 1. The summed E-state index contributed by atoms with van der Waals surface area (Å²) in [5, 5.41) is 1.69. The highest BCUT2D eigenvalue weighted by Crippen LogP contribution is 2.54. The van der Waals surface area contributed by atoms with E-state index in [0.717, 1.165) is 40.8 Å². The molecule has 0 atom stereocenters. The van der Waals surface area contributed by atoms with Gasteiger partial charge in [0, 0.05) is 9.13 Å².